The zero-order valence-corrected chi connectivity index (χ0v) is 16.7. The van der Waals surface area contributed by atoms with Gasteiger partial charge in [-0.2, -0.15) is 0 Å². The van der Waals surface area contributed by atoms with Gasteiger partial charge in [-0.3, -0.25) is 4.79 Å². The molecule has 6 nitrogen and oxygen atoms in total. The van der Waals surface area contributed by atoms with Crippen LogP contribution in [-0.4, -0.2) is 51.4 Å². The molecule has 0 radical (unpaired) electrons. The lowest BCUT2D eigenvalue weighted by Gasteiger charge is -2.47. The Morgan fingerprint density at radius 1 is 0.964 bits per heavy atom. The van der Waals surface area contributed by atoms with Crippen molar-refractivity contribution in [2.24, 2.45) is 0 Å². The largest absolute Gasteiger partial charge is 0.491 e. The molecule has 0 spiro atoms. The molecule has 0 saturated carbocycles. The summed E-state index contributed by atoms with van der Waals surface area (Å²) in [5, 5.41) is 3.57. The molecule has 1 aliphatic rings. The normalized spacial score (nSPS) is 18.5. The number of para-hydroxylation sites is 1. The summed E-state index contributed by atoms with van der Waals surface area (Å²) in [5.74, 6) is 0.797. The number of benzene rings is 2. The Hall–Kier alpha value is -2.57. The molecule has 1 aliphatic heterocycles. The van der Waals surface area contributed by atoms with E-state index in [4.69, 9.17) is 14.2 Å². The summed E-state index contributed by atoms with van der Waals surface area (Å²) in [6, 6.07) is 15.5. The van der Waals surface area contributed by atoms with Gasteiger partial charge in [0.2, 0.25) is 0 Å². The molecular formula is C22H28N2O4. The molecule has 0 aromatic heterocycles. The fraction of sp³-hybridized carbons (Fsp3) is 0.409. The molecule has 150 valence electrons. The summed E-state index contributed by atoms with van der Waals surface area (Å²) in [4.78, 5) is 15.1. The van der Waals surface area contributed by atoms with E-state index in [2.05, 4.69) is 5.32 Å². The quantitative estimate of drug-likeness (QED) is 0.671. The number of methoxy groups -OCH3 is 2. The lowest BCUT2D eigenvalue weighted by Crippen LogP contribution is -2.56. The second-order valence-corrected chi connectivity index (χ2v) is 6.91. The van der Waals surface area contributed by atoms with Crippen LogP contribution in [0.25, 0.3) is 0 Å². The van der Waals surface area contributed by atoms with Crippen LogP contribution in [0.2, 0.25) is 0 Å². The Morgan fingerprint density at radius 2 is 1.68 bits per heavy atom. The van der Waals surface area contributed by atoms with Crippen LogP contribution in [0.4, 0.5) is 5.69 Å². The van der Waals surface area contributed by atoms with Gasteiger partial charge in [-0.15, -0.1) is 0 Å². The van der Waals surface area contributed by atoms with Crippen molar-refractivity contribution in [3.63, 3.8) is 0 Å². The zero-order valence-electron chi connectivity index (χ0n) is 16.7. The van der Waals surface area contributed by atoms with Gasteiger partial charge in [0, 0.05) is 33.1 Å². The van der Waals surface area contributed by atoms with E-state index < -0.39 is 5.66 Å². The van der Waals surface area contributed by atoms with Crippen molar-refractivity contribution in [3.8, 4) is 5.75 Å². The van der Waals surface area contributed by atoms with Gasteiger partial charge in [0.15, 0.2) is 0 Å². The number of fused-ring (bicyclic) bond motifs is 1. The number of carbonyl (C=O) groups excluding carboxylic acids is 1. The Bertz CT molecular complexity index is 793. The van der Waals surface area contributed by atoms with E-state index in [1.54, 1.807) is 14.2 Å². The first kappa shape index (κ1) is 20.2. The number of hydrogen-bond donors (Lipinski definition) is 1. The number of ether oxygens (including phenoxy) is 3. The SMILES string of the molecule is COCCCN1C(=O)c2ccccc2NC1(C)c1ccc(OCCOC)cc1. The van der Waals surface area contributed by atoms with Crippen LogP contribution in [0.15, 0.2) is 48.5 Å². The van der Waals surface area contributed by atoms with Crippen LogP contribution in [-0.2, 0) is 15.1 Å². The van der Waals surface area contributed by atoms with E-state index in [1.165, 1.54) is 0 Å². The van der Waals surface area contributed by atoms with Gasteiger partial charge in [0.25, 0.3) is 5.91 Å². The van der Waals surface area contributed by atoms with Crippen LogP contribution < -0.4 is 10.1 Å². The Kier molecular flexibility index (Phi) is 6.54. The van der Waals surface area contributed by atoms with Crippen molar-refractivity contribution in [1.82, 2.24) is 4.90 Å². The smallest absolute Gasteiger partial charge is 0.258 e. The minimum absolute atomic E-state index is 0.0216. The standard InChI is InChI=1S/C22H28N2O4/c1-22(17-9-11-18(12-10-17)28-16-15-27-3)23-20-8-5-4-7-19(20)21(25)24(22)13-6-14-26-2/h4-5,7-12,23H,6,13-16H2,1-3H3. The van der Waals surface area contributed by atoms with Gasteiger partial charge in [-0.05, 0) is 43.2 Å². The third-order valence-electron chi connectivity index (χ3n) is 5.02. The molecule has 2 aromatic rings. The van der Waals surface area contributed by atoms with Crippen LogP contribution in [0, 0.1) is 0 Å². The minimum atomic E-state index is -0.662. The first-order valence-corrected chi connectivity index (χ1v) is 9.50. The van der Waals surface area contributed by atoms with Crippen molar-refractivity contribution in [3.05, 3.63) is 59.7 Å². The fourth-order valence-electron chi connectivity index (χ4n) is 3.50. The predicted molar refractivity (Wildman–Crippen MR) is 109 cm³/mol. The third-order valence-corrected chi connectivity index (χ3v) is 5.02. The van der Waals surface area contributed by atoms with E-state index in [0.29, 0.717) is 31.9 Å². The Morgan fingerprint density at radius 3 is 2.39 bits per heavy atom. The molecule has 1 heterocycles. The molecule has 0 aliphatic carbocycles. The predicted octanol–water partition coefficient (Wildman–Crippen LogP) is 3.49. The summed E-state index contributed by atoms with van der Waals surface area (Å²) in [6.45, 7) is 4.28. The van der Waals surface area contributed by atoms with Crippen molar-refractivity contribution < 1.29 is 19.0 Å². The average molecular weight is 384 g/mol. The summed E-state index contributed by atoms with van der Waals surface area (Å²) >= 11 is 0. The number of amides is 1. The third kappa shape index (κ3) is 4.13. The number of hydrogen-bond acceptors (Lipinski definition) is 5. The van der Waals surface area contributed by atoms with E-state index in [0.717, 1.165) is 23.4 Å². The molecule has 1 N–H and O–H groups in total. The fourth-order valence-corrected chi connectivity index (χ4v) is 3.50. The van der Waals surface area contributed by atoms with Gasteiger partial charge < -0.3 is 24.4 Å². The lowest BCUT2D eigenvalue weighted by molar-refractivity contribution is 0.0504. The first-order chi connectivity index (χ1) is 13.6. The van der Waals surface area contributed by atoms with Crippen LogP contribution >= 0.6 is 0 Å². The molecule has 6 heteroatoms. The zero-order chi connectivity index (χ0) is 20.0. The van der Waals surface area contributed by atoms with Crippen molar-refractivity contribution >= 4 is 11.6 Å². The summed E-state index contributed by atoms with van der Waals surface area (Å²) in [5.41, 5.74) is 1.87. The van der Waals surface area contributed by atoms with Crippen LogP contribution in [0.1, 0.15) is 29.3 Å². The van der Waals surface area contributed by atoms with E-state index >= 15 is 0 Å². The highest BCUT2D eigenvalue weighted by atomic mass is 16.5. The second kappa shape index (κ2) is 9.08. The van der Waals surface area contributed by atoms with E-state index in [9.17, 15) is 4.79 Å². The molecule has 2 aromatic carbocycles. The van der Waals surface area contributed by atoms with Gasteiger partial charge in [0.05, 0.1) is 12.2 Å². The Balaban J connectivity index is 1.89. The summed E-state index contributed by atoms with van der Waals surface area (Å²) < 4.78 is 15.9. The number of nitrogens with one attached hydrogen (secondary N) is 1. The molecule has 1 atom stereocenters. The number of carbonyl (C=O) groups is 1. The Labute approximate surface area is 166 Å². The van der Waals surface area contributed by atoms with E-state index in [-0.39, 0.29) is 5.91 Å². The topological polar surface area (TPSA) is 60.0 Å². The molecule has 1 amide bonds. The number of rotatable bonds is 9. The van der Waals surface area contributed by atoms with Crippen LogP contribution in [0.3, 0.4) is 0 Å². The first-order valence-electron chi connectivity index (χ1n) is 9.50. The van der Waals surface area contributed by atoms with E-state index in [1.807, 2.05) is 60.4 Å². The monoisotopic (exact) mass is 384 g/mol. The summed E-state index contributed by atoms with van der Waals surface area (Å²) in [7, 11) is 3.32. The van der Waals surface area contributed by atoms with Crippen molar-refractivity contribution in [1.29, 1.82) is 0 Å². The molecule has 28 heavy (non-hydrogen) atoms. The number of anilines is 1. The maximum atomic E-state index is 13.2. The van der Waals surface area contributed by atoms with Gasteiger partial charge >= 0.3 is 0 Å². The molecule has 1 unspecified atom stereocenters. The molecule has 0 fully saturated rings. The van der Waals surface area contributed by atoms with Gasteiger partial charge in [0.1, 0.15) is 18.0 Å². The highest BCUT2D eigenvalue weighted by molar-refractivity contribution is 6.02. The number of nitrogens with zero attached hydrogens (tertiary/aromatic N) is 1. The molecular weight excluding hydrogens is 356 g/mol. The van der Waals surface area contributed by atoms with Crippen molar-refractivity contribution in [2.45, 2.75) is 19.0 Å². The highest BCUT2D eigenvalue weighted by Gasteiger charge is 2.42. The van der Waals surface area contributed by atoms with Crippen molar-refractivity contribution in [2.75, 3.05) is 45.9 Å². The van der Waals surface area contributed by atoms with Gasteiger partial charge in [-0.1, -0.05) is 24.3 Å². The van der Waals surface area contributed by atoms with Crippen LogP contribution in [0.5, 0.6) is 5.75 Å². The highest BCUT2D eigenvalue weighted by Crippen LogP contribution is 2.38. The maximum Gasteiger partial charge on any atom is 0.258 e. The molecule has 3 rings (SSSR count). The average Bonchev–Trinajstić information content (AvgIpc) is 2.71. The summed E-state index contributed by atoms with van der Waals surface area (Å²) in [6.07, 6.45) is 0.764. The van der Waals surface area contributed by atoms with Gasteiger partial charge in [-0.25, -0.2) is 0 Å². The minimum Gasteiger partial charge on any atom is -0.491 e. The second-order valence-electron chi connectivity index (χ2n) is 6.91. The maximum absolute atomic E-state index is 13.2. The molecule has 0 saturated heterocycles. The lowest BCUT2D eigenvalue weighted by atomic mass is 9.93. The molecule has 0 bridgehead atoms.